The Morgan fingerprint density at radius 1 is 1.10 bits per heavy atom. The summed E-state index contributed by atoms with van der Waals surface area (Å²) in [5.41, 5.74) is 4.77. The number of H-pyrrole nitrogens is 1. The van der Waals surface area contributed by atoms with Crippen LogP contribution in [0.25, 0.3) is 22.0 Å². The van der Waals surface area contributed by atoms with Crippen LogP contribution >= 0.6 is 0 Å². The van der Waals surface area contributed by atoms with Crippen molar-refractivity contribution in [1.29, 1.82) is 0 Å². The number of nitrogens with one attached hydrogen (secondary N) is 1. The third kappa shape index (κ3) is 3.61. The van der Waals surface area contributed by atoms with Gasteiger partial charge in [-0.1, -0.05) is 18.2 Å². The topological polar surface area (TPSA) is 66.8 Å². The zero-order valence-electron chi connectivity index (χ0n) is 16.9. The number of carbonyl (C=O) groups is 1. The molecule has 1 unspecified atom stereocenters. The molecule has 152 valence electrons. The van der Waals surface area contributed by atoms with Crippen LogP contribution in [0.4, 0.5) is 0 Å². The Labute approximate surface area is 175 Å². The fraction of sp³-hybridized carbons (Fsp3) is 0.292. The highest BCUT2D eigenvalue weighted by molar-refractivity contribution is 5.97. The number of aryl methyl sites for hydroxylation is 1. The standard InChI is InChI=1S/C24H25N5O/c30-22(10-16-29-15-4-11-26-29)28-14-3-5-19(17-28)24-23(18-8-12-25-13-9-18)20-6-1-2-7-21(20)27-24/h1-2,4,6-9,11-13,15,19,27H,3,5,10,14,16-17H2. The van der Waals surface area contributed by atoms with Crippen molar-refractivity contribution in [2.24, 2.45) is 0 Å². The van der Waals surface area contributed by atoms with Crippen LogP contribution in [0.1, 0.15) is 30.9 Å². The monoisotopic (exact) mass is 399 g/mol. The molecular formula is C24H25N5O. The number of nitrogens with zero attached hydrogens (tertiary/aromatic N) is 4. The van der Waals surface area contributed by atoms with Gasteiger partial charge in [0.2, 0.25) is 5.91 Å². The van der Waals surface area contributed by atoms with E-state index in [-0.39, 0.29) is 5.91 Å². The van der Waals surface area contributed by atoms with Gasteiger partial charge in [-0.3, -0.25) is 14.5 Å². The number of carbonyl (C=O) groups excluding carboxylic acids is 1. The van der Waals surface area contributed by atoms with Gasteiger partial charge in [0.1, 0.15) is 0 Å². The molecule has 0 radical (unpaired) electrons. The lowest BCUT2D eigenvalue weighted by molar-refractivity contribution is -0.132. The molecule has 6 heteroatoms. The van der Waals surface area contributed by atoms with Crippen LogP contribution in [-0.4, -0.2) is 43.6 Å². The number of pyridine rings is 1. The number of benzene rings is 1. The van der Waals surface area contributed by atoms with Crippen molar-refractivity contribution in [2.45, 2.75) is 31.7 Å². The highest BCUT2D eigenvalue weighted by Crippen LogP contribution is 2.39. The van der Waals surface area contributed by atoms with E-state index in [0.717, 1.165) is 31.4 Å². The first-order valence-electron chi connectivity index (χ1n) is 10.6. The van der Waals surface area contributed by atoms with Gasteiger partial charge in [0.05, 0.1) is 0 Å². The molecule has 6 nitrogen and oxygen atoms in total. The van der Waals surface area contributed by atoms with Crippen molar-refractivity contribution in [3.8, 4) is 11.1 Å². The fourth-order valence-electron chi connectivity index (χ4n) is 4.54. The minimum Gasteiger partial charge on any atom is -0.358 e. The van der Waals surface area contributed by atoms with Crippen LogP contribution in [0.15, 0.2) is 67.3 Å². The van der Waals surface area contributed by atoms with Gasteiger partial charge in [0.15, 0.2) is 0 Å². The Balaban J connectivity index is 1.42. The molecule has 1 aromatic carbocycles. The molecule has 1 aliphatic heterocycles. The summed E-state index contributed by atoms with van der Waals surface area (Å²) in [5.74, 6) is 0.500. The van der Waals surface area contributed by atoms with Gasteiger partial charge >= 0.3 is 0 Å². The maximum absolute atomic E-state index is 12.9. The van der Waals surface area contributed by atoms with E-state index in [2.05, 4.69) is 51.5 Å². The fourth-order valence-corrected chi connectivity index (χ4v) is 4.54. The lowest BCUT2D eigenvalue weighted by Crippen LogP contribution is -2.39. The van der Waals surface area contributed by atoms with Crippen molar-refractivity contribution in [1.82, 2.24) is 24.6 Å². The molecule has 4 aromatic rings. The van der Waals surface area contributed by atoms with Crippen LogP contribution in [0.2, 0.25) is 0 Å². The van der Waals surface area contributed by atoms with Crippen molar-refractivity contribution < 1.29 is 4.79 Å². The Kier molecular flexibility index (Phi) is 5.05. The predicted molar refractivity (Wildman–Crippen MR) is 117 cm³/mol. The Bertz CT molecular complexity index is 1130. The smallest absolute Gasteiger partial charge is 0.224 e. The van der Waals surface area contributed by atoms with Crippen LogP contribution in [0.5, 0.6) is 0 Å². The van der Waals surface area contributed by atoms with Crippen LogP contribution < -0.4 is 0 Å². The van der Waals surface area contributed by atoms with Gasteiger partial charge in [0, 0.05) is 78.9 Å². The number of hydrogen-bond donors (Lipinski definition) is 1. The van der Waals surface area contributed by atoms with Gasteiger partial charge in [-0.2, -0.15) is 5.10 Å². The predicted octanol–water partition coefficient (Wildman–Crippen LogP) is 4.22. The highest BCUT2D eigenvalue weighted by Gasteiger charge is 2.28. The van der Waals surface area contributed by atoms with Crippen LogP contribution in [-0.2, 0) is 11.3 Å². The summed E-state index contributed by atoms with van der Waals surface area (Å²) in [5, 5.41) is 5.42. The van der Waals surface area contributed by atoms with Crippen LogP contribution in [0.3, 0.4) is 0 Å². The second-order valence-electron chi connectivity index (χ2n) is 7.89. The van der Waals surface area contributed by atoms with Crippen molar-refractivity contribution in [3.63, 3.8) is 0 Å². The molecule has 1 aliphatic rings. The number of aromatic amines is 1. The molecule has 4 heterocycles. The van der Waals surface area contributed by atoms with E-state index in [1.807, 2.05) is 34.2 Å². The molecule has 3 aromatic heterocycles. The van der Waals surface area contributed by atoms with E-state index in [0.29, 0.717) is 18.9 Å². The Morgan fingerprint density at radius 2 is 1.97 bits per heavy atom. The maximum Gasteiger partial charge on any atom is 0.224 e. The van der Waals surface area contributed by atoms with E-state index < -0.39 is 0 Å². The zero-order chi connectivity index (χ0) is 20.3. The van der Waals surface area contributed by atoms with Gasteiger partial charge in [-0.15, -0.1) is 0 Å². The van der Waals surface area contributed by atoms with Gasteiger partial charge in [-0.05, 0) is 42.7 Å². The Hall–Kier alpha value is -3.41. The quantitative estimate of drug-likeness (QED) is 0.546. The van der Waals surface area contributed by atoms with Crippen molar-refractivity contribution in [2.75, 3.05) is 13.1 Å². The minimum atomic E-state index is 0.205. The normalized spacial score (nSPS) is 16.8. The SMILES string of the molecule is O=C(CCn1cccn1)N1CCCC(c2[nH]c3ccccc3c2-c2ccncc2)C1. The molecule has 1 N–H and O–H groups in total. The molecule has 1 saturated heterocycles. The molecule has 0 spiro atoms. The molecule has 1 atom stereocenters. The number of hydrogen-bond acceptors (Lipinski definition) is 3. The molecule has 5 rings (SSSR count). The molecule has 1 fully saturated rings. The molecule has 0 saturated carbocycles. The third-order valence-electron chi connectivity index (χ3n) is 6.00. The van der Waals surface area contributed by atoms with E-state index in [1.165, 1.54) is 22.2 Å². The van der Waals surface area contributed by atoms with Gasteiger partial charge < -0.3 is 9.88 Å². The summed E-state index contributed by atoms with van der Waals surface area (Å²) in [6.07, 6.45) is 9.91. The van der Waals surface area contributed by atoms with E-state index in [9.17, 15) is 4.79 Å². The lowest BCUT2D eigenvalue weighted by Gasteiger charge is -2.33. The number of aromatic nitrogens is 4. The summed E-state index contributed by atoms with van der Waals surface area (Å²) < 4.78 is 1.82. The summed E-state index contributed by atoms with van der Waals surface area (Å²) in [4.78, 5) is 22.7. The Morgan fingerprint density at radius 3 is 2.80 bits per heavy atom. The first-order chi connectivity index (χ1) is 14.8. The first-order valence-corrected chi connectivity index (χ1v) is 10.6. The van der Waals surface area contributed by atoms with Crippen molar-refractivity contribution >= 4 is 16.8 Å². The van der Waals surface area contributed by atoms with E-state index in [4.69, 9.17) is 0 Å². The van der Waals surface area contributed by atoms with E-state index in [1.54, 1.807) is 6.20 Å². The molecular weight excluding hydrogens is 374 g/mol. The van der Waals surface area contributed by atoms with Crippen molar-refractivity contribution in [3.05, 3.63) is 72.9 Å². The maximum atomic E-state index is 12.9. The number of piperidine rings is 1. The first kappa shape index (κ1) is 18.6. The summed E-state index contributed by atoms with van der Waals surface area (Å²) in [7, 11) is 0. The second kappa shape index (κ2) is 8.14. The molecule has 1 amide bonds. The number of likely N-dealkylation sites (tertiary alicyclic amines) is 1. The average Bonchev–Trinajstić information content (AvgIpc) is 3.46. The van der Waals surface area contributed by atoms with Gasteiger partial charge in [0.25, 0.3) is 0 Å². The van der Waals surface area contributed by atoms with E-state index >= 15 is 0 Å². The highest BCUT2D eigenvalue weighted by atomic mass is 16.2. The van der Waals surface area contributed by atoms with Gasteiger partial charge in [-0.25, -0.2) is 0 Å². The summed E-state index contributed by atoms with van der Waals surface area (Å²) >= 11 is 0. The third-order valence-corrected chi connectivity index (χ3v) is 6.00. The number of para-hydroxylation sites is 1. The zero-order valence-corrected chi connectivity index (χ0v) is 16.9. The molecule has 0 aliphatic carbocycles. The lowest BCUT2D eigenvalue weighted by atomic mass is 9.89. The second-order valence-corrected chi connectivity index (χ2v) is 7.89. The minimum absolute atomic E-state index is 0.205. The number of fused-ring (bicyclic) bond motifs is 1. The van der Waals surface area contributed by atoms with Crippen LogP contribution in [0, 0.1) is 0 Å². The largest absolute Gasteiger partial charge is 0.358 e. The number of amides is 1. The average molecular weight is 399 g/mol. The molecule has 30 heavy (non-hydrogen) atoms. The number of rotatable bonds is 5. The summed E-state index contributed by atoms with van der Waals surface area (Å²) in [6, 6.07) is 14.4. The molecule has 0 bridgehead atoms. The summed E-state index contributed by atoms with van der Waals surface area (Å²) in [6.45, 7) is 2.21.